The SMILES string of the molecule is COc1ncc(-c2ccc3ncc4c(c3c2)OCC(=O)N4C)cc1NS(=O)(=O)c1ccc(F)cc1. The molecule has 178 valence electrons. The van der Waals surface area contributed by atoms with Crippen LogP contribution in [0.25, 0.3) is 22.0 Å². The van der Waals surface area contributed by atoms with E-state index in [0.29, 0.717) is 33.5 Å². The van der Waals surface area contributed by atoms with Gasteiger partial charge in [0.05, 0.1) is 23.7 Å². The predicted molar refractivity (Wildman–Crippen MR) is 128 cm³/mol. The second-order valence-electron chi connectivity index (χ2n) is 7.79. The fourth-order valence-electron chi connectivity index (χ4n) is 3.76. The Morgan fingerprint density at radius 2 is 1.83 bits per heavy atom. The van der Waals surface area contributed by atoms with Crippen molar-refractivity contribution in [2.24, 2.45) is 0 Å². The Morgan fingerprint density at radius 1 is 1.06 bits per heavy atom. The molecule has 9 nitrogen and oxygen atoms in total. The fraction of sp³-hybridized carbons (Fsp3) is 0.125. The van der Waals surface area contributed by atoms with E-state index in [9.17, 15) is 17.6 Å². The van der Waals surface area contributed by atoms with Gasteiger partial charge in [-0.15, -0.1) is 0 Å². The first-order chi connectivity index (χ1) is 16.8. The van der Waals surface area contributed by atoms with E-state index in [0.717, 1.165) is 12.1 Å². The number of carbonyl (C=O) groups is 1. The minimum atomic E-state index is -4.02. The Kier molecular flexibility index (Phi) is 5.48. The summed E-state index contributed by atoms with van der Waals surface area (Å²) in [7, 11) is -0.987. The number of hydrogen-bond donors (Lipinski definition) is 1. The van der Waals surface area contributed by atoms with Crippen LogP contribution in [0.2, 0.25) is 0 Å². The largest absolute Gasteiger partial charge is 0.481 e. The van der Waals surface area contributed by atoms with Gasteiger partial charge >= 0.3 is 0 Å². The normalized spacial score (nSPS) is 13.3. The molecule has 1 aliphatic rings. The number of methoxy groups -OCH3 is 1. The van der Waals surface area contributed by atoms with Crippen molar-refractivity contribution in [1.29, 1.82) is 0 Å². The first kappa shape index (κ1) is 22.5. The topological polar surface area (TPSA) is 111 Å². The zero-order valence-corrected chi connectivity index (χ0v) is 19.5. The molecule has 3 heterocycles. The highest BCUT2D eigenvalue weighted by atomic mass is 32.2. The van der Waals surface area contributed by atoms with Crippen LogP contribution in [0.5, 0.6) is 11.6 Å². The lowest BCUT2D eigenvalue weighted by Gasteiger charge is -2.26. The number of halogens is 1. The van der Waals surface area contributed by atoms with Gasteiger partial charge in [0.1, 0.15) is 17.2 Å². The number of amides is 1. The molecular formula is C24H19FN4O5S. The first-order valence-corrected chi connectivity index (χ1v) is 11.9. The maximum absolute atomic E-state index is 13.2. The number of rotatable bonds is 5. The van der Waals surface area contributed by atoms with E-state index in [1.165, 1.54) is 24.1 Å². The Bertz CT molecular complexity index is 1580. The number of carbonyl (C=O) groups excluding carboxylic acids is 1. The molecule has 1 N–H and O–H groups in total. The molecule has 0 aliphatic carbocycles. The summed E-state index contributed by atoms with van der Waals surface area (Å²) in [5, 5.41) is 0.698. The van der Waals surface area contributed by atoms with Gasteiger partial charge in [0.2, 0.25) is 5.88 Å². The van der Waals surface area contributed by atoms with E-state index in [2.05, 4.69) is 14.7 Å². The maximum atomic E-state index is 13.2. The number of sulfonamides is 1. The number of likely N-dealkylation sites (N-methyl/N-ethyl adjacent to an activating group) is 1. The number of anilines is 2. The van der Waals surface area contributed by atoms with Gasteiger partial charge in [-0.3, -0.25) is 14.5 Å². The van der Waals surface area contributed by atoms with Crippen LogP contribution in [0.1, 0.15) is 0 Å². The zero-order valence-electron chi connectivity index (χ0n) is 18.6. The number of nitrogens with zero attached hydrogens (tertiary/aromatic N) is 3. The Balaban J connectivity index is 1.56. The summed E-state index contributed by atoms with van der Waals surface area (Å²) >= 11 is 0. The number of ether oxygens (including phenoxy) is 2. The third-order valence-electron chi connectivity index (χ3n) is 5.62. The van der Waals surface area contributed by atoms with Crippen LogP contribution in [0.4, 0.5) is 15.8 Å². The van der Waals surface area contributed by atoms with Crippen molar-refractivity contribution in [1.82, 2.24) is 9.97 Å². The van der Waals surface area contributed by atoms with Crippen molar-refractivity contribution in [3.05, 3.63) is 66.7 Å². The van der Waals surface area contributed by atoms with E-state index in [1.807, 2.05) is 12.1 Å². The second-order valence-corrected chi connectivity index (χ2v) is 9.47. The quantitative estimate of drug-likeness (QED) is 0.451. The first-order valence-electron chi connectivity index (χ1n) is 10.4. The van der Waals surface area contributed by atoms with Crippen molar-refractivity contribution in [2.45, 2.75) is 4.90 Å². The van der Waals surface area contributed by atoms with E-state index < -0.39 is 15.8 Å². The molecular weight excluding hydrogens is 475 g/mol. The molecule has 4 aromatic rings. The molecule has 35 heavy (non-hydrogen) atoms. The molecule has 0 fully saturated rings. The smallest absolute Gasteiger partial charge is 0.264 e. The van der Waals surface area contributed by atoms with Crippen molar-refractivity contribution < 1.29 is 27.1 Å². The van der Waals surface area contributed by atoms with Gasteiger partial charge in [0, 0.05) is 24.2 Å². The number of pyridine rings is 2. The van der Waals surface area contributed by atoms with E-state index in [4.69, 9.17) is 9.47 Å². The maximum Gasteiger partial charge on any atom is 0.264 e. The number of aromatic nitrogens is 2. The fourth-order valence-corrected chi connectivity index (χ4v) is 4.80. The molecule has 0 bridgehead atoms. The van der Waals surface area contributed by atoms with Gasteiger partial charge in [-0.1, -0.05) is 6.07 Å². The average molecular weight is 495 g/mol. The highest BCUT2D eigenvalue weighted by molar-refractivity contribution is 7.92. The molecule has 0 radical (unpaired) electrons. The van der Waals surface area contributed by atoms with E-state index in [-0.39, 0.29) is 29.0 Å². The third-order valence-corrected chi connectivity index (χ3v) is 7.00. The summed E-state index contributed by atoms with van der Waals surface area (Å²) in [4.78, 5) is 22.0. The summed E-state index contributed by atoms with van der Waals surface area (Å²) in [5.41, 5.74) is 2.67. The van der Waals surface area contributed by atoms with Gasteiger partial charge in [-0.05, 0) is 48.0 Å². The van der Waals surface area contributed by atoms with Crippen molar-refractivity contribution in [3.63, 3.8) is 0 Å². The lowest BCUT2D eigenvalue weighted by molar-refractivity contribution is -0.120. The summed E-state index contributed by atoms with van der Waals surface area (Å²) in [6.07, 6.45) is 3.14. The highest BCUT2D eigenvalue weighted by Crippen LogP contribution is 2.39. The van der Waals surface area contributed by atoms with Crippen molar-refractivity contribution in [3.8, 4) is 22.8 Å². The molecule has 0 saturated carbocycles. The molecule has 2 aromatic heterocycles. The number of benzene rings is 2. The lowest BCUT2D eigenvalue weighted by atomic mass is 10.0. The highest BCUT2D eigenvalue weighted by Gasteiger charge is 2.25. The molecule has 2 aromatic carbocycles. The standard InChI is InChI=1S/C24H19FN4O5S/c1-29-21-12-26-19-8-3-14(9-18(19)23(21)34-13-22(29)30)15-10-20(24(33-2)27-11-15)28-35(31,32)17-6-4-16(25)5-7-17/h3-12,28H,13H2,1-2H3. The van der Waals surface area contributed by atoms with Crippen LogP contribution in [-0.2, 0) is 14.8 Å². The predicted octanol–water partition coefficient (Wildman–Crippen LogP) is 3.60. The molecule has 5 rings (SSSR count). The molecule has 11 heteroatoms. The molecule has 1 amide bonds. The molecule has 0 spiro atoms. The van der Waals surface area contributed by atoms with Crippen LogP contribution in [-0.4, -0.2) is 45.1 Å². The van der Waals surface area contributed by atoms with Crippen molar-refractivity contribution in [2.75, 3.05) is 30.4 Å². The van der Waals surface area contributed by atoms with Gasteiger partial charge in [0.15, 0.2) is 12.4 Å². The van der Waals surface area contributed by atoms with Crippen LogP contribution in [0, 0.1) is 5.82 Å². The van der Waals surface area contributed by atoms with Gasteiger partial charge < -0.3 is 14.4 Å². The molecule has 1 aliphatic heterocycles. The van der Waals surface area contributed by atoms with Gasteiger partial charge in [-0.25, -0.2) is 17.8 Å². The molecule has 0 unspecified atom stereocenters. The van der Waals surface area contributed by atoms with Crippen LogP contribution >= 0.6 is 0 Å². The van der Waals surface area contributed by atoms with E-state index in [1.54, 1.807) is 31.6 Å². The van der Waals surface area contributed by atoms with Crippen LogP contribution < -0.4 is 19.1 Å². The molecule has 0 saturated heterocycles. The van der Waals surface area contributed by atoms with Gasteiger partial charge in [-0.2, -0.15) is 0 Å². The summed E-state index contributed by atoms with van der Waals surface area (Å²) in [6.45, 7) is -0.0771. The Morgan fingerprint density at radius 3 is 2.57 bits per heavy atom. The Hall–Kier alpha value is -4.25. The van der Waals surface area contributed by atoms with Crippen molar-refractivity contribution >= 4 is 38.2 Å². The number of hydrogen-bond acceptors (Lipinski definition) is 7. The minimum absolute atomic E-state index is 0.0720. The number of nitrogens with one attached hydrogen (secondary N) is 1. The molecule has 0 atom stereocenters. The summed E-state index contributed by atoms with van der Waals surface area (Å²) in [6, 6.07) is 11.5. The van der Waals surface area contributed by atoms with Gasteiger partial charge in [0.25, 0.3) is 15.9 Å². The van der Waals surface area contributed by atoms with Crippen LogP contribution in [0.15, 0.2) is 65.8 Å². The Labute approximate surface area is 200 Å². The third kappa shape index (κ3) is 4.10. The average Bonchev–Trinajstić information content (AvgIpc) is 2.85. The lowest BCUT2D eigenvalue weighted by Crippen LogP contribution is -2.35. The zero-order chi connectivity index (χ0) is 24.7. The second kappa shape index (κ2) is 8.51. The minimum Gasteiger partial charge on any atom is -0.481 e. The summed E-state index contributed by atoms with van der Waals surface area (Å²) < 4.78 is 52.3. The summed E-state index contributed by atoms with van der Waals surface area (Å²) in [5.74, 6) is -0.106. The van der Waals surface area contributed by atoms with Crippen LogP contribution in [0.3, 0.4) is 0 Å². The van der Waals surface area contributed by atoms with E-state index >= 15 is 0 Å². The number of fused-ring (bicyclic) bond motifs is 3. The monoisotopic (exact) mass is 494 g/mol.